The molecule has 1 saturated heterocycles. The summed E-state index contributed by atoms with van der Waals surface area (Å²) in [6.45, 7) is 3.11. The minimum atomic E-state index is -0.0862. The van der Waals surface area contributed by atoms with Crippen molar-refractivity contribution in [3.05, 3.63) is 78.8 Å². The highest BCUT2D eigenvalue weighted by Gasteiger charge is 2.27. The average Bonchev–Trinajstić information content (AvgIpc) is 3.60. The van der Waals surface area contributed by atoms with E-state index in [0.29, 0.717) is 28.5 Å². The van der Waals surface area contributed by atoms with Gasteiger partial charge in [0.2, 0.25) is 5.95 Å². The van der Waals surface area contributed by atoms with Crippen LogP contribution < -0.4 is 10.9 Å². The number of rotatable bonds is 6. The first-order valence-corrected chi connectivity index (χ1v) is 13.5. The van der Waals surface area contributed by atoms with Gasteiger partial charge in [-0.2, -0.15) is 4.98 Å². The Morgan fingerprint density at radius 3 is 2.83 bits per heavy atom. The molecule has 2 fully saturated rings. The number of pyridine rings is 1. The first-order valence-electron chi connectivity index (χ1n) is 11.8. The molecule has 0 spiro atoms. The third-order valence-electron chi connectivity index (χ3n) is 6.65. The van der Waals surface area contributed by atoms with Gasteiger partial charge in [-0.25, -0.2) is 4.98 Å². The molecule has 4 aromatic rings. The topological polar surface area (TPSA) is 72.3 Å². The highest BCUT2D eigenvalue weighted by atomic mass is 79.9. The molecule has 1 N–H and O–H groups in total. The molecular formula is C26H26BrN5O2S. The predicted octanol–water partition coefficient (Wildman–Crippen LogP) is 5.29. The summed E-state index contributed by atoms with van der Waals surface area (Å²) in [5, 5.41) is 6.24. The van der Waals surface area contributed by atoms with Crippen molar-refractivity contribution < 1.29 is 4.74 Å². The fraction of sp³-hybridized carbons (Fsp3) is 0.346. The van der Waals surface area contributed by atoms with E-state index in [1.165, 1.54) is 23.3 Å². The Labute approximate surface area is 215 Å². The summed E-state index contributed by atoms with van der Waals surface area (Å²) < 4.78 is 8.19. The third-order valence-corrected chi connectivity index (χ3v) is 8.34. The molecule has 35 heavy (non-hydrogen) atoms. The first kappa shape index (κ1) is 22.8. The number of anilines is 2. The summed E-state index contributed by atoms with van der Waals surface area (Å²) in [7, 11) is 2.12. The molecule has 0 amide bonds. The van der Waals surface area contributed by atoms with Gasteiger partial charge < -0.3 is 15.0 Å². The van der Waals surface area contributed by atoms with E-state index in [4.69, 9.17) is 9.72 Å². The molecule has 4 heterocycles. The number of benzene rings is 1. The van der Waals surface area contributed by atoms with E-state index in [1.807, 2.05) is 12.1 Å². The Morgan fingerprint density at radius 2 is 2.06 bits per heavy atom. The fourth-order valence-corrected chi connectivity index (χ4v) is 6.12. The molecule has 0 bridgehead atoms. The smallest absolute Gasteiger partial charge is 0.266 e. The zero-order valence-corrected chi connectivity index (χ0v) is 21.8. The standard InChI is InChI=1S/C26H26BrN5O2S/c1-31-9-10-34-22(15-31)16-4-6-20(7-5-16)29-26-28-13-19-12-21(27)25(33)32(24(19)30-26)14-18-8-11-35-23(18)17-2-3-17/h4-8,11-13,17,22H,2-3,9-10,14-15H2,1H3,(H,28,29,30). The van der Waals surface area contributed by atoms with Gasteiger partial charge in [-0.05, 0) is 82.5 Å². The van der Waals surface area contributed by atoms with Gasteiger partial charge in [0.05, 0.1) is 23.7 Å². The molecule has 3 aromatic heterocycles. The lowest BCUT2D eigenvalue weighted by molar-refractivity contribution is -0.0208. The van der Waals surface area contributed by atoms with Crippen molar-refractivity contribution in [1.82, 2.24) is 19.4 Å². The van der Waals surface area contributed by atoms with Crippen molar-refractivity contribution in [3.8, 4) is 0 Å². The van der Waals surface area contributed by atoms with E-state index in [0.717, 1.165) is 36.3 Å². The number of nitrogens with one attached hydrogen (secondary N) is 1. The minimum Gasteiger partial charge on any atom is -0.371 e. The molecule has 1 atom stereocenters. The highest BCUT2D eigenvalue weighted by Crippen LogP contribution is 2.44. The van der Waals surface area contributed by atoms with E-state index in [9.17, 15) is 4.79 Å². The summed E-state index contributed by atoms with van der Waals surface area (Å²) >= 11 is 5.22. The number of likely N-dealkylation sites (N-methyl/N-ethyl adjacent to an activating group) is 1. The van der Waals surface area contributed by atoms with Gasteiger partial charge in [0.1, 0.15) is 5.65 Å². The summed E-state index contributed by atoms with van der Waals surface area (Å²) in [5.74, 6) is 1.11. The van der Waals surface area contributed by atoms with Crippen LogP contribution in [0.3, 0.4) is 0 Å². The normalized spacial score (nSPS) is 18.7. The Kier molecular flexibility index (Phi) is 6.18. The SMILES string of the molecule is CN1CCOC(c2ccc(Nc3ncc4cc(Br)c(=O)n(Cc5ccsc5C5CC5)c4n3)cc2)C1. The second-order valence-electron chi connectivity index (χ2n) is 9.31. The monoisotopic (exact) mass is 551 g/mol. The number of nitrogens with zero attached hydrogens (tertiary/aromatic N) is 4. The van der Waals surface area contributed by atoms with Crippen molar-refractivity contribution in [2.75, 3.05) is 32.1 Å². The molecule has 180 valence electrons. The van der Waals surface area contributed by atoms with Crippen LogP contribution in [0.1, 0.15) is 40.9 Å². The van der Waals surface area contributed by atoms with Crippen LogP contribution in [0.15, 0.2) is 57.2 Å². The van der Waals surface area contributed by atoms with Crippen LogP contribution in [0.2, 0.25) is 0 Å². The fourth-order valence-electron chi connectivity index (χ4n) is 4.57. The number of fused-ring (bicyclic) bond motifs is 1. The molecule has 1 aliphatic heterocycles. The van der Waals surface area contributed by atoms with Gasteiger partial charge in [-0.3, -0.25) is 9.36 Å². The maximum Gasteiger partial charge on any atom is 0.266 e. The zero-order chi connectivity index (χ0) is 23.9. The third kappa shape index (κ3) is 4.78. The van der Waals surface area contributed by atoms with Crippen molar-refractivity contribution in [3.63, 3.8) is 0 Å². The minimum absolute atomic E-state index is 0.0862. The van der Waals surface area contributed by atoms with E-state index in [2.05, 4.69) is 61.8 Å². The van der Waals surface area contributed by atoms with Crippen LogP contribution in [0.4, 0.5) is 11.6 Å². The van der Waals surface area contributed by atoms with E-state index in [1.54, 1.807) is 28.2 Å². The molecule has 0 radical (unpaired) electrons. The Hall–Kier alpha value is -2.59. The number of thiophene rings is 1. The Balaban J connectivity index is 1.29. The van der Waals surface area contributed by atoms with Gasteiger partial charge >= 0.3 is 0 Å². The maximum absolute atomic E-state index is 13.1. The quantitative estimate of drug-likeness (QED) is 0.351. The lowest BCUT2D eigenvalue weighted by Gasteiger charge is -2.30. The van der Waals surface area contributed by atoms with Crippen molar-refractivity contribution in [2.24, 2.45) is 0 Å². The van der Waals surface area contributed by atoms with E-state index >= 15 is 0 Å². The maximum atomic E-state index is 13.1. The number of halogens is 1. The highest BCUT2D eigenvalue weighted by molar-refractivity contribution is 9.10. The number of aromatic nitrogens is 3. The second kappa shape index (κ2) is 9.46. The summed E-state index contributed by atoms with van der Waals surface area (Å²) in [6.07, 6.45) is 4.33. The second-order valence-corrected chi connectivity index (χ2v) is 11.1. The van der Waals surface area contributed by atoms with Crippen LogP contribution in [-0.2, 0) is 11.3 Å². The van der Waals surface area contributed by atoms with Gasteiger partial charge in [0.25, 0.3) is 5.56 Å². The van der Waals surface area contributed by atoms with Crippen LogP contribution in [0.25, 0.3) is 11.0 Å². The summed E-state index contributed by atoms with van der Waals surface area (Å²) in [4.78, 5) is 26.0. The molecule has 1 unspecified atom stereocenters. The number of hydrogen-bond acceptors (Lipinski definition) is 7. The van der Waals surface area contributed by atoms with Crippen molar-refractivity contribution in [2.45, 2.75) is 31.4 Å². The lowest BCUT2D eigenvalue weighted by Crippen LogP contribution is -2.35. The number of hydrogen-bond donors (Lipinski definition) is 1. The molecule has 6 rings (SSSR count). The van der Waals surface area contributed by atoms with Gasteiger partial charge in [0.15, 0.2) is 0 Å². The van der Waals surface area contributed by atoms with E-state index < -0.39 is 0 Å². The molecule has 1 aromatic carbocycles. The van der Waals surface area contributed by atoms with Crippen LogP contribution >= 0.6 is 27.3 Å². The van der Waals surface area contributed by atoms with Gasteiger partial charge in [-0.1, -0.05) is 12.1 Å². The molecule has 2 aliphatic rings. The Bertz CT molecular complexity index is 1430. The first-order chi connectivity index (χ1) is 17.0. The molecule has 1 saturated carbocycles. The van der Waals surface area contributed by atoms with E-state index in [-0.39, 0.29) is 11.7 Å². The van der Waals surface area contributed by atoms with Crippen LogP contribution in [0, 0.1) is 0 Å². The number of ether oxygens (including phenoxy) is 1. The molecule has 9 heteroatoms. The predicted molar refractivity (Wildman–Crippen MR) is 143 cm³/mol. The number of morpholine rings is 1. The molecule has 7 nitrogen and oxygen atoms in total. The van der Waals surface area contributed by atoms with Crippen molar-refractivity contribution >= 4 is 49.9 Å². The lowest BCUT2D eigenvalue weighted by atomic mass is 10.1. The van der Waals surface area contributed by atoms with Crippen LogP contribution in [-0.4, -0.2) is 46.2 Å². The van der Waals surface area contributed by atoms with Gasteiger partial charge in [-0.15, -0.1) is 11.3 Å². The van der Waals surface area contributed by atoms with Crippen LogP contribution in [0.5, 0.6) is 0 Å². The Morgan fingerprint density at radius 1 is 1.23 bits per heavy atom. The largest absolute Gasteiger partial charge is 0.371 e. The van der Waals surface area contributed by atoms with Crippen molar-refractivity contribution in [1.29, 1.82) is 0 Å². The average molecular weight is 552 g/mol. The zero-order valence-electron chi connectivity index (χ0n) is 19.4. The molecule has 1 aliphatic carbocycles. The molecular weight excluding hydrogens is 526 g/mol. The summed E-state index contributed by atoms with van der Waals surface area (Å²) in [6, 6.07) is 12.1. The van der Waals surface area contributed by atoms with Gasteiger partial charge in [0, 0.05) is 35.2 Å². The summed E-state index contributed by atoms with van der Waals surface area (Å²) in [5.41, 5.74) is 3.79.